The fourth-order valence-corrected chi connectivity index (χ4v) is 4.19. The van der Waals surface area contributed by atoms with Gasteiger partial charge in [0.05, 0.1) is 24.9 Å². The van der Waals surface area contributed by atoms with E-state index < -0.39 is 0 Å². The lowest BCUT2D eigenvalue weighted by atomic mass is 10.2. The van der Waals surface area contributed by atoms with Gasteiger partial charge in [-0.05, 0) is 38.0 Å². The summed E-state index contributed by atoms with van der Waals surface area (Å²) in [5, 5.41) is 4.02. The minimum absolute atomic E-state index is 0.125. The van der Waals surface area contributed by atoms with Crippen LogP contribution in [0.4, 0.5) is 0 Å². The number of amides is 1. The number of ether oxygens (including phenoxy) is 1. The number of aromatic nitrogens is 4. The van der Waals surface area contributed by atoms with Crippen molar-refractivity contribution >= 4 is 5.91 Å². The number of rotatable bonds is 8. The summed E-state index contributed by atoms with van der Waals surface area (Å²) in [5.74, 6) is 1.90. The van der Waals surface area contributed by atoms with E-state index in [1.54, 1.807) is 18.5 Å². The summed E-state index contributed by atoms with van der Waals surface area (Å²) in [7, 11) is 0. The first kappa shape index (κ1) is 23.1. The Morgan fingerprint density at radius 3 is 2.67 bits per heavy atom. The van der Waals surface area contributed by atoms with E-state index in [-0.39, 0.29) is 12.0 Å². The fraction of sp³-hybridized carbons (Fsp3) is 0.500. The van der Waals surface area contributed by atoms with Gasteiger partial charge in [-0.1, -0.05) is 19.0 Å². The summed E-state index contributed by atoms with van der Waals surface area (Å²) in [4.78, 5) is 25.9. The first-order valence-electron chi connectivity index (χ1n) is 11.4. The molecule has 3 aromatic heterocycles. The Kier molecular flexibility index (Phi) is 7.20. The Labute approximate surface area is 194 Å². The molecule has 4 rings (SSSR count). The van der Waals surface area contributed by atoms with Crippen LogP contribution in [0.25, 0.3) is 5.95 Å². The van der Waals surface area contributed by atoms with Gasteiger partial charge in [-0.25, -0.2) is 9.97 Å². The van der Waals surface area contributed by atoms with E-state index in [9.17, 15) is 4.79 Å². The van der Waals surface area contributed by atoms with Crippen LogP contribution in [-0.4, -0.2) is 67.7 Å². The van der Waals surface area contributed by atoms with Crippen LogP contribution in [0, 0.1) is 19.8 Å². The molecule has 0 bridgehead atoms. The first-order chi connectivity index (χ1) is 15.9. The van der Waals surface area contributed by atoms with Gasteiger partial charge in [0.25, 0.3) is 0 Å². The Morgan fingerprint density at radius 1 is 1.18 bits per heavy atom. The van der Waals surface area contributed by atoms with Crippen molar-refractivity contribution < 1.29 is 14.1 Å². The van der Waals surface area contributed by atoms with Gasteiger partial charge < -0.3 is 14.2 Å². The molecule has 1 fully saturated rings. The van der Waals surface area contributed by atoms with Crippen molar-refractivity contribution in [1.82, 2.24) is 29.5 Å². The highest BCUT2D eigenvalue weighted by Gasteiger charge is 2.29. The molecule has 33 heavy (non-hydrogen) atoms. The van der Waals surface area contributed by atoms with Gasteiger partial charge in [-0.15, -0.1) is 0 Å². The zero-order chi connectivity index (χ0) is 23.4. The summed E-state index contributed by atoms with van der Waals surface area (Å²) in [6.45, 7) is 11.4. The molecule has 9 nitrogen and oxygen atoms in total. The van der Waals surface area contributed by atoms with Gasteiger partial charge in [0.15, 0.2) is 0 Å². The molecule has 0 radical (unpaired) electrons. The minimum Gasteiger partial charge on any atom is -0.370 e. The van der Waals surface area contributed by atoms with Crippen LogP contribution in [-0.2, 0) is 22.7 Å². The Morgan fingerprint density at radius 2 is 1.97 bits per heavy atom. The van der Waals surface area contributed by atoms with Crippen LogP contribution in [0.3, 0.4) is 0 Å². The molecule has 9 heteroatoms. The van der Waals surface area contributed by atoms with Crippen molar-refractivity contribution in [3.63, 3.8) is 0 Å². The van der Waals surface area contributed by atoms with Gasteiger partial charge >= 0.3 is 0 Å². The predicted molar refractivity (Wildman–Crippen MR) is 123 cm³/mol. The van der Waals surface area contributed by atoms with E-state index in [2.05, 4.69) is 33.9 Å². The second-order valence-electron chi connectivity index (χ2n) is 9.02. The Balaban J connectivity index is 1.52. The normalized spacial score (nSPS) is 17.7. The van der Waals surface area contributed by atoms with Crippen molar-refractivity contribution in [2.24, 2.45) is 5.92 Å². The topological polar surface area (TPSA) is 89.5 Å². The van der Waals surface area contributed by atoms with Gasteiger partial charge in [0.2, 0.25) is 11.9 Å². The van der Waals surface area contributed by atoms with Gasteiger partial charge in [-0.3, -0.25) is 14.3 Å². The molecule has 1 amide bonds. The highest BCUT2D eigenvalue weighted by atomic mass is 16.5. The molecule has 0 N–H and O–H groups in total. The average molecular weight is 453 g/mol. The van der Waals surface area contributed by atoms with Crippen molar-refractivity contribution in [2.45, 2.75) is 47.0 Å². The maximum atomic E-state index is 13.1. The quantitative estimate of drug-likeness (QED) is 0.519. The van der Waals surface area contributed by atoms with Crippen LogP contribution in [0.1, 0.15) is 36.6 Å². The highest BCUT2D eigenvalue weighted by Crippen LogP contribution is 2.19. The molecule has 1 saturated heterocycles. The molecule has 0 saturated carbocycles. The molecule has 1 aliphatic rings. The van der Waals surface area contributed by atoms with Crippen molar-refractivity contribution in [1.29, 1.82) is 0 Å². The summed E-state index contributed by atoms with van der Waals surface area (Å²) < 4.78 is 13.6. The number of hydrogen-bond acceptors (Lipinski definition) is 7. The summed E-state index contributed by atoms with van der Waals surface area (Å²) in [5.41, 5.74) is 2.84. The third kappa shape index (κ3) is 5.66. The van der Waals surface area contributed by atoms with E-state index in [4.69, 9.17) is 9.26 Å². The summed E-state index contributed by atoms with van der Waals surface area (Å²) in [6.07, 6.45) is 5.27. The van der Waals surface area contributed by atoms with Crippen LogP contribution in [0.5, 0.6) is 0 Å². The smallest absolute Gasteiger partial charge is 0.236 e. The lowest BCUT2D eigenvalue weighted by Gasteiger charge is -2.26. The molecule has 176 valence electrons. The fourth-order valence-electron chi connectivity index (χ4n) is 4.19. The molecular formula is C24H32N6O3. The van der Waals surface area contributed by atoms with E-state index >= 15 is 0 Å². The van der Waals surface area contributed by atoms with Gasteiger partial charge in [-0.2, -0.15) is 0 Å². The zero-order valence-electron chi connectivity index (χ0n) is 19.8. The molecular weight excluding hydrogens is 420 g/mol. The number of nitrogens with zero attached hydrogens (tertiary/aromatic N) is 6. The first-order valence-corrected chi connectivity index (χ1v) is 11.4. The van der Waals surface area contributed by atoms with Crippen LogP contribution < -0.4 is 0 Å². The third-order valence-corrected chi connectivity index (χ3v) is 5.81. The van der Waals surface area contributed by atoms with Crippen LogP contribution >= 0.6 is 0 Å². The molecule has 1 aliphatic heterocycles. The van der Waals surface area contributed by atoms with Gasteiger partial charge in [0.1, 0.15) is 5.76 Å². The number of carbonyl (C=O) groups is 1. The number of hydrogen-bond donors (Lipinski definition) is 0. The maximum absolute atomic E-state index is 13.1. The standard InChI is InChI=1S/C24H32N6O3/c1-17(2)11-29-14-21(32-16-22-18(3)27-33-19(22)4)13-28(15-23(29)31)12-20-7-5-10-30(20)24-25-8-6-9-26-24/h5-10,17,21H,11-16H2,1-4H3. The van der Waals surface area contributed by atoms with E-state index in [1.165, 1.54) is 0 Å². The third-order valence-electron chi connectivity index (χ3n) is 5.81. The molecule has 0 aromatic carbocycles. The van der Waals surface area contributed by atoms with Crippen LogP contribution in [0.15, 0.2) is 41.3 Å². The molecule has 4 heterocycles. The minimum atomic E-state index is -0.125. The molecule has 0 aliphatic carbocycles. The van der Waals surface area contributed by atoms with Crippen molar-refractivity contribution in [3.05, 3.63) is 59.5 Å². The second kappa shape index (κ2) is 10.3. The molecule has 1 unspecified atom stereocenters. The van der Waals surface area contributed by atoms with E-state index in [0.29, 0.717) is 51.2 Å². The average Bonchev–Trinajstić information content (AvgIpc) is 3.33. The van der Waals surface area contributed by atoms with Crippen LogP contribution in [0.2, 0.25) is 0 Å². The predicted octanol–water partition coefficient (Wildman–Crippen LogP) is 2.76. The van der Waals surface area contributed by atoms with Crippen molar-refractivity contribution in [2.75, 3.05) is 26.2 Å². The largest absolute Gasteiger partial charge is 0.370 e. The Bertz CT molecular complexity index is 1040. The SMILES string of the molecule is Cc1noc(C)c1COC1CN(Cc2cccn2-c2ncccn2)CC(=O)N(CC(C)C)C1. The number of carbonyl (C=O) groups excluding carboxylic acids is 1. The van der Waals surface area contributed by atoms with E-state index in [1.807, 2.05) is 41.6 Å². The highest BCUT2D eigenvalue weighted by molar-refractivity contribution is 5.78. The lowest BCUT2D eigenvalue weighted by Crippen LogP contribution is -2.40. The summed E-state index contributed by atoms with van der Waals surface area (Å²) in [6, 6.07) is 5.81. The van der Waals surface area contributed by atoms with Gasteiger partial charge in [0, 0.05) is 56.0 Å². The second-order valence-corrected chi connectivity index (χ2v) is 9.02. The number of aryl methyl sites for hydroxylation is 2. The Hall–Kier alpha value is -3.04. The lowest BCUT2D eigenvalue weighted by molar-refractivity contribution is -0.132. The zero-order valence-corrected chi connectivity index (χ0v) is 19.8. The molecule has 0 spiro atoms. The molecule has 1 atom stereocenters. The molecule has 3 aromatic rings. The maximum Gasteiger partial charge on any atom is 0.236 e. The monoisotopic (exact) mass is 452 g/mol. The summed E-state index contributed by atoms with van der Waals surface area (Å²) >= 11 is 0. The van der Waals surface area contributed by atoms with Crippen molar-refractivity contribution in [3.8, 4) is 5.95 Å². The van der Waals surface area contributed by atoms with E-state index in [0.717, 1.165) is 22.7 Å².